The zero-order chi connectivity index (χ0) is 14.0. The van der Waals surface area contributed by atoms with Crippen molar-refractivity contribution >= 4 is 28.5 Å². The minimum absolute atomic E-state index is 0.0127. The number of methoxy groups -OCH3 is 1. The van der Waals surface area contributed by atoms with E-state index in [9.17, 15) is 9.90 Å². The maximum absolute atomic E-state index is 11.7. The molecule has 0 fully saturated rings. The Labute approximate surface area is 114 Å². The lowest BCUT2D eigenvalue weighted by atomic mass is 10.1. The van der Waals surface area contributed by atoms with Gasteiger partial charge < -0.3 is 14.6 Å². The van der Waals surface area contributed by atoms with Gasteiger partial charge in [0.2, 0.25) is 0 Å². The van der Waals surface area contributed by atoms with Gasteiger partial charge in [-0.05, 0) is 19.1 Å². The number of esters is 1. The number of carbonyl (C=O) groups is 1. The zero-order valence-corrected chi connectivity index (χ0v) is 11.2. The molecule has 100 valence electrons. The maximum atomic E-state index is 11.7. The van der Waals surface area contributed by atoms with Crippen LogP contribution in [-0.4, -0.2) is 29.8 Å². The van der Waals surface area contributed by atoms with E-state index in [1.54, 1.807) is 13.0 Å². The second kappa shape index (κ2) is 5.32. The first-order chi connectivity index (χ1) is 9.08. The first kappa shape index (κ1) is 13.4. The number of rotatable bonds is 3. The molecule has 1 N–H and O–H groups in total. The highest BCUT2D eigenvalue weighted by Gasteiger charge is 2.17. The fourth-order valence-corrected chi connectivity index (χ4v) is 1.93. The Morgan fingerprint density at radius 2 is 2.21 bits per heavy atom. The number of ether oxygens (including phenoxy) is 2. The molecule has 1 aromatic carbocycles. The molecule has 0 amide bonds. The molecule has 5 nitrogen and oxygen atoms in total. The molecule has 0 atom stereocenters. The third-order valence-corrected chi connectivity index (χ3v) is 2.90. The van der Waals surface area contributed by atoms with Crippen LogP contribution < -0.4 is 4.74 Å². The summed E-state index contributed by atoms with van der Waals surface area (Å²) in [4.78, 5) is 15.7. The van der Waals surface area contributed by atoms with Crippen LogP contribution in [-0.2, 0) is 4.74 Å². The minimum atomic E-state index is -0.622. The van der Waals surface area contributed by atoms with Gasteiger partial charge in [0.05, 0.1) is 24.3 Å². The molecule has 0 aliphatic rings. The summed E-state index contributed by atoms with van der Waals surface area (Å²) in [6.45, 7) is 1.91. The number of aromatic hydroxyl groups is 1. The fourth-order valence-electron chi connectivity index (χ4n) is 1.69. The van der Waals surface area contributed by atoms with E-state index in [2.05, 4.69) is 4.98 Å². The molecule has 6 heteroatoms. The molecule has 0 unspecified atom stereocenters. The van der Waals surface area contributed by atoms with Crippen LogP contribution in [0.15, 0.2) is 18.3 Å². The molecule has 2 aromatic rings. The van der Waals surface area contributed by atoms with Gasteiger partial charge in [-0.25, -0.2) is 4.79 Å². The number of halogens is 1. The van der Waals surface area contributed by atoms with Crippen LogP contribution in [0.3, 0.4) is 0 Å². The molecule has 1 heterocycles. The van der Waals surface area contributed by atoms with Gasteiger partial charge in [-0.3, -0.25) is 4.98 Å². The average molecular weight is 282 g/mol. The van der Waals surface area contributed by atoms with E-state index in [1.165, 1.54) is 19.4 Å². The third kappa shape index (κ3) is 2.42. The van der Waals surface area contributed by atoms with Crippen molar-refractivity contribution in [1.29, 1.82) is 0 Å². The second-order valence-electron chi connectivity index (χ2n) is 3.74. The number of carbonyl (C=O) groups excluding carboxylic acids is 1. The van der Waals surface area contributed by atoms with Crippen LogP contribution in [0.1, 0.15) is 17.3 Å². The number of hydrogen-bond acceptors (Lipinski definition) is 5. The van der Waals surface area contributed by atoms with Crippen LogP contribution in [0.25, 0.3) is 10.9 Å². The summed E-state index contributed by atoms with van der Waals surface area (Å²) in [5.74, 6) is -0.422. The number of aromatic nitrogens is 1. The van der Waals surface area contributed by atoms with Crippen LogP contribution in [0, 0.1) is 0 Å². The molecular formula is C13H12ClNO4. The maximum Gasteiger partial charge on any atom is 0.343 e. The van der Waals surface area contributed by atoms with Gasteiger partial charge in [0.1, 0.15) is 17.1 Å². The van der Waals surface area contributed by atoms with E-state index in [0.717, 1.165) is 0 Å². The lowest BCUT2D eigenvalue weighted by Crippen LogP contribution is -2.05. The Hall–Kier alpha value is -2.01. The predicted molar refractivity (Wildman–Crippen MR) is 70.9 cm³/mol. The summed E-state index contributed by atoms with van der Waals surface area (Å²) in [5, 5.41) is 10.9. The van der Waals surface area contributed by atoms with Gasteiger partial charge >= 0.3 is 5.97 Å². The molecule has 19 heavy (non-hydrogen) atoms. The van der Waals surface area contributed by atoms with E-state index in [4.69, 9.17) is 21.1 Å². The van der Waals surface area contributed by atoms with Gasteiger partial charge in [0.25, 0.3) is 0 Å². The Kier molecular flexibility index (Phi) is 3.76. The van der Waals surface area contributed by atoms with Gasteiger partial charge in [-0.1, -0.05) is 11.6 Å². The largest absolute Gasteiger partial charge is 0.506 e. The monoisotopic (exact) mass is 281 g/mol. The highest BCUT2D eigenvalue weighted by Crippen LogP contribution is 2.34. The number of pyridine rings is 1. The lowest BCUT2D eigenvalue weighted by molar-refractivity contribution is 0.0523. The van der Waals surface area contributed by atoms with Crippen LogP contribution in [0.4, 0.5) is 0 Å². The predicted octanol–water partition coefficient (Wildman–Crippen LogP) is 2.78. The number of fused-ring (bicyclic) bond motifs is 1. The van der Waals surface area contributed by atoms with Gasteiger partial charge in [-0.15, -0.1) is 0 Å². The summed E-state index contributed by atoms with van der Waals surface area (Å²) in [6, 6.07) is 3.09. The Morgan fingerprint density at radius 3 is 2.84 bits per heavy atom. The van der Waals surface area contributed by atoms with Crippen LogP contribution in [0.5, 0.6) is 11.5 Å². The second-order valence-corrected chi connectivity index (χ2v) is 4.15. The van der Waals surface area contributed by atoms with Crippen molar-refractivity contribution in [3.05, 3.63) is 28.9 Å². The average Bonchev–Trinajstić information content (AvgIpc) is 2.38. The van der Waals surface area contributed by atoms with Crippen molar-refractivity contribution in [2.75, 3.05) is 13.7 Å². The summed E-state index contributed by atoms with van der Waals surface area (Å²) >= 11 is 5.97. The van der Waals surface area contributed by atoms with Crippen molar-refractivity contribution in [3.8, 4) is 11.5 Å². The molecule has 0 spiro atoms. The van der Waals surface area contributed by atoms with E-state index in [0.29, 0.717) is 21.7 Å². The minimum Gasteiger partial charge on any atom is -0.506 e. The molecule has 0 saturated carbocycles. The fraction of sp³-hybridized carbons (Fsp3) is 0.231. The third-order valence-electron chi connectivity index (χ3n) is 2.61. The molecule has 0 saturated heterocycles. The van der Waals surface area contributed by atoms with Crippen molar-refractivity contribution in [3.63, 3.8) is 0 Å². The van der Waals surface area contributed by atoms with Crippen LogP contribution >= 0.6 is 11.6 Å². The Balaban J connectivity index is 2.63. The summed E-state index contributed by atoms with van der Waals surface area (Å²) in [7, 11) is 1.47. The smallest absolute Gasteiger partial charge is 0.343 e. The van der Waals surface area contributed by atoms with Gasteiger partial charge in [0, 0.05) is 11.6 Å². The Morgan fingerprint density at radius 1 is 1.47 bits per heavy atom. The molecule has 1 aromatic heterocycles. The van der Waals surface area contributed by atoms with Crippen molar-refractivity contribution < 1.29 is 19.4 Å². The molecule has 2 rings (SSSR count). The van der Waals surface area contributed by atoms with E-state index < -0.39 is 5.97 Å². The molecule has 0 aliphatic carbocycles. The van der Waals surface area contributed by atoms with Crippen molar-refractivity contribution in [2.45, 2.75) is 6.92 Å². The standard InChI is InChI=1S/C13H12ClNO4/c1-3-19-13(17)8-6-15-10-5-9(14)11(18-2)4-7(10)12(8)16/h4-6H,3H2,1-2H3,(H,15,16). The number of benzene rings is 1. The SMILES string of the molecule is CCOC(=O)c1cnc2cc(Cl)c(OC)cc2c1O. The molecule has 0 bridgehead atoms. The summed E-state index contributed by atoms with van der Waals surface area (Å²) < 4.78 is 9.91. The van der Waals surface area contributed by atoms with Gasteiger partial charge in [0.15, 0.2) is 0 Å². The first-order valence-electron chi connectivity index (χ1n) is 5.60. The number of nitrogens with zero attached hydrogens (tertiary/aromatic N) is 1. The highest BCUT2D eigenvalue weighted by molar-refractivity contribution is 6.32. The Bertz CT molecular complexity index is 642. The van der Waals surface area contributed by atoms with E-state index >= 15 is 0 Å². The topological polar surface area (TPSA) is 68.7 Å². The molecule has 0 aliphatic heterocycles. The molecule has 0 radical (unpaired) electrons. The normalized spacial score (nSPS) is 10.5. The van der Waals surface area contributed by atoms with Gasteiger partial charge in [-0.2, -0.15) is 0 Å². The quantitative estimate of drug-likeness (QED) is 0.876. The summed E-state index contributed by atoms with van der Waals surface area (Å²) in [6.07, 6.45) is 1.26. The molecular weight excluding hydrogens is 270 g/mol. The van der Waals surface area contributed by atoms with Crippen molar-refractivity contribution in [2.24, 2.45) is 0 Å². The first-order valence-corrected chi connectivity index (χ1v) is 5.98. The van der Waals surface area contributed by atoms with Crippen molar-refractivity contribution in [1.82, 2.24) is 4.98 Å². The van der Waals surface area contributed by atoms with E-state index in [1.807, 2.05) is 0 Å². The lowest BCUT2D eigenvalue weighted by Gasteiger charge is -2.09. The zero-order valence-electron chi connectivity index (χ0n) is 10.4. The van der Waals surface area contributed by atoms with Crippen LogP contribution in [0.2, 0.25) is 5.02 Å². The van der Waals surface area contributed by atoms with E-state index in [-0.39, 0.29) is 17.9 Å². The summed E-state index contributed by atoms with van der Waals surface area (Å²) in [5.41, 5.74) is 0.482. The number of hydrogen-bond donors (Lipinski definition) is 1. The highest BCUT2D eigenvalue weighted by atomic mass is 35.5.